The summed E-state index contributed by atoms with van der Waals surface area (Å²) in [6.07, 6.45) is 5.23. The monoisotopic (exact) mass is 301 g/mol. The average molecular weight is 301 g/mol. The lowest BCUT2D eigenvalue weighted by atomic mass is 10.1. The predicted octanol–water partition coefficient (Wildman–Crippen LogP) is 2.01. The summed E-state index contributed by atoms with van der Waals surface area (Å²) in [5.74, 6) is 1.38. The Hall–Kier alpha value is -2.48. The molecule has 108 valence electrons. The van der Waals surface area contributed by atoms with Crippen molar-refractivity contribution in [2.24, 2.45) is 0 Å². The Morgan fingerprint density at radius 3 is 3.10 bits per heavy atom. The molecule has 3 aromatic rings. The highest BCUT2D eigenvalue weighted by atomic mass is 32.1. The van der Waals surface area contributed by atoms with Gasteiger partial charge in [-0.25, -0.2) is 0 Å². The van der Waals surface area contributed by atoms with Crippen LogP contribution in [0.25, 0.3) is 11.1 Å². The largest absolute Gasteiger partial charge is 0.382 e. The summed E-state index contributed by atoms with van der Waals surface area (Å²) in [5, 5.41) is 12.3. The summed E-state index contributed by atoms with van der Waals surface area (Å²) in [6.45, 7) is 3.46. The zero-order chi connectivity index (χ0) is 14.7. The van der Waals surface area contributed by atoms with Crippen LogP contribution in [-0.2, 0) is 13.1 Å². The number of rotatable bonds is 5. The molecule has 3 heterocycles. The van der Waals surface area contributed by atoms with Crippen LogP contribution in [-0.4, -0.2) is 24.1 Å². The van der Waals surface area contributed by atoms with Crippen LogP contribution in [0.3, 0.4) is 0 Å². The predicted molar refractivity (Wildman–Crippen MR) is 82.8 cm³/mol. The third-order valence-corrected chi connectivity index (χ3v) is 3.93. The molecule has 3 N–H and O–H groups in total. The van der Waals surface area contributed by atoms with Crippen molar-refractivity contribution in [2.45, 2.75) is 20.0 Å². The molecular weight excluding hydrogens is 286 g/mol. The van der Waals surface area contributed by atoms with Gasteiger partial charge < -0.3 is 15.6 Å². The van der Waals surface area contributed by atoms with Crippen molar-refractivity contribution in [3.63, 3.8) is 0 Å². The molecule has 8 heteroatoms. The fraction of sp³-hybridized carbons (Fsp3) is 0.231. The fourth-order valence-corrected chi connectivity index (χ4v) is 2.78. The molecular formula is C13H15N7S. The lowest BCUT2D eigenvalue weighted by Gasteiger charge is -2.07. The molecule has 3 aromatic heterocycles. The van der Waals surface area contributed by atoms with Crippen molar-refractivity contribution >= 4 is 22.4 Å². The van der Waals surface area contributed by atoms with E-state index < -0.39 is 0 Å². The van der Waals surface area contributed by atoms with Gasteiger partial charge >= 0.3 is 0 Å². The molecule has 0 bridgehead atoms. The molecule has 0 aliphatic heterocycles. The van der Waals surface area contributed by atoms with Crippen molar-refractivity contribution in [1.82, 2.24) is 24.1 Å². The van der Waals surface area contributed by atoms with Crippen molar-refractivity contribution in [3.05, 3.63) is 36.7 Å². The van der Waals surface area contributed by atoms with E-state index in [4.69, 9.17) is 5.73 Å². The van der Waals surface area contributed by atoms with Gasteiger partial charge in [-0.2, -0.15) is 4.37 Å². The van der Waals surface area contributed by atoms with Gasteiger partial charge in [0.15, 0.2) is 5.82 Å². The summed E-state index contributed by atoms with van der Waals surface area (Å²) < 4.78 is 6.21. The number of nitrogens with two attached hydrogens (primary N) is 1. The van der Waals surface area contributed by atoms with E-state index in [-0.39, 0.29) is 0 Å². The number of aromatic nitrogens is 5. The van der Waals surface area contributed by atoms with E-state index in [0.717, 1.165) is 28.5 Å². The first-order valence-corrected chi connectivity index (χ1v) is 7.33. The first kappa shape index (κ1) is 13.5. The zero-order valence-corrected chi connectivity index (χ0v) is 12.3. The molecule has 3 rings (SSSR count). The number of hydrogen-bond donors (Lipinski definition) is 2. The molecule has 0 amide bonds. The molecule has 0 aromatic carbocycles. The minimum absolute atomic E-state index is 0.507. The van der Waals surface area contributed by atoms with Gasteiger partial charge in [-0.3, -0.25) is 4.98 Å². The SMILES string of the molecule is CCn1cnnc1CNc1snc(N)c1-c1cccnc1. The van der Waals surface area contributed by atoms with E-state index in [1.165, 1.54) is 11.5 Å². The number of nitrogens with one attached hydrogen (secondary N) is 1. The lowest BCUT2D eigenvalue weighted by Crippen LogP contribution is -2.07. The number of nitrogen functional groups attached to an aromatic ring is 1. The maximum Gasteiger partial charge on any atom is 0.152 e. The van der Waals surface area contributed by atoms with Crippen LogP contribution < -0.4 is 11.1 Å². The van der Waals surface area contributed by atoms with Gasteiger partial charge in [0.1, 0.15) is 17.1 Å². The Morgan fingerprint density at radius 1 is 1.43 bits per heavy atom. The second-order valence-electron chi connectivity index (χ2n) is 4.40. The van der Waals surface area contributed by atoms with Gasteiger partial charge in [-0.1, -0.05) is 6.07 Å². The van der Waals surface area contributed by atoms with Crippen LogP contribution in [0.15, 0.2) is 30.9 Å². The minimum atomic E-state index is 0.507. The van der Waals surface area contributed by atoms with E-state index >= 15 is 0 Å². The fourth-order valence-electron chi connectivity index (χ4n) is 2.05. The Labute approximate surface area is 126 Å². The highest BCUT2D eigenvalue weighted by molar-refractivity contribution is 7.11. The normalized spacial score (nSPS) is 10.7. The second-order valence-corrected chi connectivity index (χ2v) is 5.17. The van der Waals surface area contributed by atoms with E-state index in [9.17, 15) is 0 Å². The van der Waals surface area contributed by atoms with Gasteiger partial charge in [-0.05, 0) is 24.5 Å². The van der Waals surface area contributed by atoms with Gasteiger partial charge in [0, 0.05) is 24.5 Å². The third-order valence-electron chi connectivity index (χ3n) is 3.11. The summed E-state index contributed by atoms with van der Waals surface area (Å²) in [4.78, 5) is 4.13. The number of nitrogens with zero attached hydrogens (tertiary/aromatic N) is 5. The van der Waals surface area contributed by atoms with Crippen LogP contribution in [0.1, 0.15) is 12.7 Å². The smallest absolute Gasteiger partial charge is 0.152 e. The Bertz CT molecular complexity index is 719. The topological polar surface area (TPSA) is 94.5 Å². The van der Waals surface area contributed by atoms with E-state index in [0.29, 0.717) is 12.4 Å². The van der Waals surface area contributed by atoms with Gasteiger partial charge in [0.05, 0.1) is 12.1 Å². The van der Waals surface area contributed by atoms with Gasteiger partial charge in [0.2, 0.25) is 0 Å². The maximum absolute atomic E-state index is 5.98. The van der Waals surface area contributed by atoms with E-state index in [1.54, 1.807) is 18.7 Å². The molecule has 0 fully saturated rings. The molecule has 0 saturated carbocycles. The van der Waals surface area contributed by atoms with E-state index in [1.807, 2.05) is 16.7 Å². The van der Waals surface area contributed by atoms with Crippen molar-refractivity contribution in [1.29, 1.82) is 0 Å². The number of aryl methyl sites for hydroxylation is 1. The first-order chi connectivity index (χ1) is 10.3. The third kappa shape index (κ3) is 2.70. The number of hydrogen-bond acceptors (Lipinski definition) is 7. The van der Waals surface area contributed by atoms with Crippen LogP contribution in [0.5, 0.6) is 0 Å². The van der Waals surface area contributed by atoms with Crippen LogP contribution >= 0.6 is 11.5 Å². The van der Waals surface area contributed by atoms with Crippen molar-refractivity contribution < 1.29 is 0 Å². The standard InChI is InChI=1S/C13H15N7S/c1-2-20-8-17-18-10(20)7-16-13-11(12(14)19-21-13)9-4-3-5-15-6-9/h3-6,8,16H,2,7H2,1H3,(H2,14,19). The molecule has 7 nitrogen and oxygen atoms in total. The number of anilines is 2. The molecule has 0 atom stereocenters. The van der Waals surface area contributed by atoms with Crippen LogP contribution in [0.4, 0.5) is 10.8 Å². The summed E-state index contributed by atoms with van der Waals surface area (Å²) in [7, 11) is 0. The minimum Gasteiger partial charge on any atom is -0.382 e. The van der Waals surface area contributed by atoms with Crippen molar-refractivity contribution in [2.75, 3.05) is 11.1 Å². The molecule has 0 aliphatic rings. The average Bonchev–Trinajstić information content (AvgIpc) is 3.12. The zero-order valence-electron chi connectivity index (χ0n) is 11.5. The van der Waals surface area contributed by atoms with Crippen molar-refractivity contribution in [3.8, 4) is 11.1 Å². The highest BCUT2D eigenvalue weighted by Crippen LogP contribution is 2.36. The Kier molecular flexibility index (Phi) is 3.78. The molecule has 0 unspecified atom stereocenters. The number of pyridine rings is 1. The first-order valence-electron chi connectivity index (χ1n) is 6.55. The Morgan fingerprint density at radius 2 is 2.33 bits per heavy atom. The second kappa shape index (κ2) is 5.88. The highest BCUT2D eigenvalue weighted by Gasteiger charge is 2.14. The summed E-state index contributed by atoms with van der Waals surface area (Å²) in [5.41, 5.74) is 7.81. The quantitative estimate of drug-likeness (QED) is 0.748. The molecule has 0 radical (unpaired) electrons. The van der Waals surface area contributed by atoms with Crippen LogP contribution in [0.2, 0.25) is 0 Å². The van der Waals surface area contributed by atoms with Gasteiger partial charge in [0.25, 0.3) is 0 Å². The van der Waals surface area contributed by atoms with Crippen LogP contribution in [0, 0.1) is 0 Å². The molecule has 0 saturated heterocycles. The molecule has 0 aliphatic carbocycles. The summed E-state index contributed by atoms with van der Waals surface area (Å²) in [6, 6.07) is 3.84. The lowest BCUT2D eigenvalue weighted by molar-refractivity contribution is 0.708. The summed E-state index contributed by atoms with van der Waals surface area (Å²) >= 11 is 1.33. The molecule has 21 heavy (non-hydrogen) atoms. The maximum atomic E-state index is 5.98. The Balaban J connectivity index is 1.84. The van der Waals surface area contributed by atoms with E-state index in [2.05, 4.69) is 31.8 Å². The molecule has 0 spiro atoms. The van der Waals surface area contributed by atoms with Gasteiger partial charge in [-0.15, -0.1) is 10.2 Å².